The second kappa shape index (κ2) is 11.5. The van der Waals surface area contributed by atoms with Crippen molar-refractivity contribution in [3.05, 3.63) is 89.6 Å². The van der Waals surface area contributed by atoms with Crippen molar-refractivity contribution in [2.75, 3.05) is 5.32 Å². The third-order valence-corrected chi connectivity index (χ3v) is 7.52. The van der Waals surface area contributed by atoms with Gasteiger partial charge in [-0.15, -0.1) is 0 Å². The van der Waals surface area contributed by atoms with E-state index in [1.54, 1.807) is 12.1 Å². The number of pyridine rings is 1. The Morgan fingerprint density at radius 1 is 1.03 bits per heavy atom. The van der Waals surface area contributed by atoms with E-state index >= 15 is 0 Å². The summed E-state index contributed by atoms with van der Waals surface area (Å²) in [5.41, 5.74) is 5.24. The van der Waals surface area contributed by atoms with Gasteiger partial charge in [-0.2, -0.15) is 0 Å². The molecule has 1 saturated carbocycles. The maximum Gasteiger partial charge on any atom is 0.305 e. The number of nitrogens with one attached hydrogen (secondary N) is 2. The summed E-state index contributed by atoms with van der Waals surface area (Å²) in [6, 6.07) is 21.5. The lowest BCUT2D eigenvalue weighted by Gasteiger charge is -2.30. The van der Waals surface area contributed by atoms with Gasteiger partial charge in [0.05, 0.1) is 6.42 Å². The highest BCUT2D eigenvalue weighted by Crippen LogP contribution is 2.32. The van der Waals surface area contributed by atoms with Crippen LogP contribution < -0.4 is 10.6 Å². The Bertz CT molecular complexity index is 1420. The van der Waals surface area contributed by atoms with Crippen LogP contribution in [-0.4, -0.2) is 32.4 Å². The fraction of sp³-hybridized carbons (Fsp3) is 0.323. The van der Waals surface area contributed by atoms with Gasteiger partial charge in [-0.25, -0.2) is 4.98 Å². The lowest BCUT2D eigenvalue weighted by Crippen LogP contribution is -2.42. The molecule has 0 saturated heterocycles. The third kappa shape index (κ3) is 5.72. The van der Waals surface area contributed by atoms with Gasteiger partial charge in [-0.05, 0) is 48.9 Å². The number of anilines is 1. The van der Waals surface area contributed by atoms with Gasteiger partial charge < -0.3 is 15.7 Å². The van der Waals surface area contributed by atoms with Crippen LogP contribution in [0.5, 0.6) is 0 Å². The molecule has 1 atom stereocenters. The Kier molecular flexibility index (Phi) is 7.73. The summed E-state index contributed by atoms with van der Waals surface area (Å²) >= 11 is 0. The van der Waals surface area contributed by atoms with Gasteiger partial charge in [0.25, 0.3) is 5.91 Å². The molecule has 38 heavy (non-hydrogen) atoms. The van der Waals surface area contributed by atoms with E-state index in [1.165, 1.54) is 6.42 Å². The van der Waals surface area contributed by atoms with Gasteiger partial charge in [0, 0.05) is 29.9 Å². The molecule has 2 aromatic carbocycles. The fourth-order valence-corrected chi connectivity index (χ4v) is 5.47. The summed E-state index contributed by atoms with van der Waals surface area (Å²) in [4.78, 5) is 29.8. The number of carboxylic acid groups (broad SMARTS) is 1. The van der Waals surface area contributed by atoms with Crippen LogP contribution in [0.1, 0.15) is 60.0 Å². The van der Waals surface area contributed by atoms with Crippen LogP contribution in [0.4, 0.5) is 5.82 Å². The molecule has 1 aliphatic rings. The summed E-state index contributed by atoms with van der Waals surface area (Å²) in [5.74, 6) is -0.0957. The van der Waals surface area contributed by atoms with Gasteiger partial charge in [0.2, 0.25) is 0 Å². The molecule has 7 nitrogen and oxygen atoms in total. The van der Waals surface area contributed by atoms with Gasteiger partial charge >= 0.3 is 5.97 Å². The molecular weight excluding hydrogens is 476 g/mol. The van der Waals surface area contributed by atoms with E-state index < -0.39 is 5.97 Å². The zero-order valence-electron chi connectivity index (χ0n) is 21.7. The van der Waals surface area contributed by atoms with Crippen molar-refractivity contribution >= 4 is 23.3 Å². The van der Waals surface area contributed by atoms with Crippen LogP contribution >= 0.6 is 0 Å². The first kappa shape index (κ1) is 25.5. The number of fused-ring (bicyclic) bond motifs is 1. The number of imidazole rings is 1. The van der Waals surface area contributed by atoms with Crippen LogP contribution in [0.2, 0.25) is 0 Å². The molecule has 1 amide bonds. The van der Waals surface area contributed by atoms with E-state index in [0.717, 1.165) is 53.9 Å². The number of benzene rings is 2. The van der Waals surface area contributed by atoms with Crippen molar-refractivity contribution in [3.63, 3.8) is 0 Å². The molecule has 0 aliphatic heterocycles. The van der Waals surface area contributed by atoms with Crippen LogP contribution in [0.25, 0.3) is 16.9 Å². The lowest BCUT2D eigenvalue weighted by atomic mass is 9.82. The van der Waals surface area contributed by atoms with E-state index in [2.05, 4.69) is 41.8 Å². The summed E-state index contributed by atoms with van der Waals surface area (Å²) in [5, 5.41) is 16.1. The van der Waals surface area contributed by atoms with Crippen molar-refractivity contribution < 1.29 is 14.7 Å². The van der Waals surface area contributed by atoms with Crippen LogP contribution in [-0.2, 0) is 11.3 Å². The molecule has 196 valence electrons. The molecule has 0 spiro atoms. The Hall–Kier alpha value is -4.13. The molecule has 2 aromatic heterocycles. The van der Waals surface area contributed by atoms with E-state index in [0.29, 0.717) is 17.8 Å². The van der Waals surface area contributed by atoms with E-state index in [1.807, 2.05) is 40.9 Å². The summed E-state index contributed by atoms with van der Waals surface area (Å²) in [6.45, 7) is 2.70. The highest BCUT2D eigenvalue weighted by atomic mass is 16.4. The van der Waals surface area contributed by atoms with Crippen molar-refractivity contribution in [1.82, 2.24) is 14.7 Å². The monoisotopic (exact) mass is 510 g/mol. The molecule has 0 bridgehead atoms. The summed E-state index contributed by atoms with van der Waals surface area (Å²) < 4.78 is 1.97. The van der Waals surface area contributed by atoms with Crippen LogP contribution in [0.15, 0.2) is 72.9 Å². The second-order valence-corrected chi connectivity index (χ2v) is 10.2. The Morgan fingerprint density at radius 2 is 1.76 bits per heavy atom. The molecule has 4 aromatic rings. The molecule has 1 unspecified atom stereocenters. The number of nitrogens with zero attached hydrogens (tertiary/aromatic N) is 2. The molecule has 7 heteroatoms. The maximum atomic E-state index is 13.3. The number of aliphatic carboxylic acids is 1. The van der Waals surface area contributed by atoms with E-state index in [-0.39, 0.29) is 24.3 Å². The fourth-order valence-electron chi connectivity index (χ4n) is 5.47. The molecule has 1 fully saturated rings. The van der Waals surface area contributed by atoms with Crippen molar-refractivity contribution in [1.29, 1.82) is 0 Å². The number of amides is 1. The SMILES string of the molecule is Cc1ccccc1-c1nc2cc(C(=O)NC(CC(=O)O)C3CCCCC3)ccn2c1NCc1ccccc1. The Morgan fingerprint density at radius 3 is 2.50 bits per heavy atom. The van der Waals surface area contributed by atoms with Gasteiger partial charge in [0.15, 0.2) is 0 Å². The van der Waals surface area contributed by atoms with Crippen LogP contribution in [0.3, 0.4) is 0 Å². The Labute approximate surface area is 222 Å². The van der Waals surface area contributed by atoms with Gasteiger partial charge in [-0.3, -0.25) is 14.0 Å². The van der Waals surface area contributed by atoms with Gasteiger partial charge in [0.1, 0.15) is 17.2 Å². The minimum absolute atomic E-state index is 0.0625. The second-order valence-electron chi connectivity index (χ2n) is 10.2. The zero-order chi connectivity index (χ0) is 26.5. The average Bonchev–Trinajstić information content (AvgIpc) is 3.30. The predicted octanol–water partition coefficient (Wildman–Crippen LogP) is 6.08. The number of aryl methyl sites for hydroxylation is 1. The number of hydrogen-bond acceptors (Lipinski definition) is 4. The summed E-state index contributed by atoms with van der Waals surface area (Å²) in [6.07, 6.45) is 7.03. The van der Waals surface area contributed by atoms with Crippen molar-refractivity contribution in [2.24, 2.45) is 5.92 Å². The highest BCUT2D eigenvalue weighted by Gasteiger charge is 2.28. The molecule has 0 radical (unpaired) electrons. The number of hydrogen-bond donors (Lipinski definition) is 3. The van der Waals surface area contributed by atoms with Crippen LogP contribution in [0, 0.1) is 12.8 Å². The molecule has 3 N–H and O–H groups in total. The predicted molar refractivity (Wildman–Crippen MR) is 149 cm³/mol. The van der Waals surface area contributed by atoms with E-state index in [4.69, 9.17) is 4.98 Å². The Balaban J connectivity index is 1.46. The smallest absolute Gasteiger partial charge is 0.305 e. The molecule has 2 heterocycles. The standard InChI is InChI=1S/C31H34N4O3/c1-21-10-8-9-15-25(21)29-30(32-20-22-11-4-2-5-12-22)35-17-16-24(18-27(35)34-29)31(38)33-26(19-28(36)37)23-13-6-3-7-14-23/h2,4-5,8-12,15-18,23,26,32H,3,6-7,13-14,19-20H2,1H3,(H,33,38)(H,36,37). The van der Waals surface area contributed by atoms with Crippen molar-refractivity contribution in [3.8, 4) is 11.3 Å². The van der Waals surface area contributed by atoms with E-state index in [9.17, 15) is 14.7 Å². The lowest BCUT2D eigenvalue weighted by molar-refractivity contribution is -0.137. The minimum Gasteiger partial charge on any atom is -0.481 e. The normalized spacial score (nSPS) is 14.8. The average molecular weight is 511 g/mol. The molecular formula is C31H34N4O3. The quantitative estimate of drug-likeness (QED) is 0.254. The topological polar surface area (TPSA) is 95.7 Å². The first-order valence-electron chi connectivity index (χ1n) is 13.4. The first-order valence-corrected chi connectivity index (χ1v) is 13.4. The number of carbonyl (C=O) groups excluding carboxylic acids is 1. The highest BCUT2D eigenvalue weighted by molar-refractivity contribution is 5.96. The minimum atomic E-state index is -0.887. The molecule has 5 rings (SSSR count). The first-order chi connectivity index (χ1) is 18.5. The number of carbonyl (C=O) groups is 2. The number of rotatable bonds is 9. The van der Waals surface area contributed by atoms with Crippen molar-refractivity contribution in [2.45, 2.75) is 58.0 Å². The number of aromatic nitrogens is 2. The largest absolute Gasteiger partial charge is 0.481 e. The molecule has 1 aliphatic carbocycles. The zero-order valence-corrected chi connectivity index (χ0v) is 21.7. The van der Waals surface area contributed by atoms with Gasteiger partial charge in [-0.1, -0.05) is 73.9 Å². The maximum absolute atomic E-state index is 13.3. The third-order valence-electron chi connectivity index (χ3n) is 7.52. The summed E-state index contributed by atoms with van der Waals surface area (Å²) in [7, 11) is 0. The number of carboxylic acids is 1.